The number of ether oxygens (including phenoxy) is 2. The van der Waals surface area contributed by atoms with Crippen molar-refractivity contribution in [2.24, 2.45) is 5.73 Å². The molecule has 0 unspecified atom stereocenters. The summed E-state index contributed by atoms with van der Waals surface area (Å²) in [4.78, 5) is 31.2. The fraction of sp³-hybridized carbons (Fsp3) is 0.368. The Labute approximate surface area is 170 Å². The second-order valence-electron chi connectivity index (χ2n) is 6.87. The van der Waals surface area contributed by atoms with Crippen LogP contribution in [0.25, 0.3) is 0 Å². The number of esters is 1. The highest BCUT2D eigenvalue weighted by molar-refractivity contribution is 5.94. The van der Waals surface area contributed by atoms with Gasteiger partial charge < -0.3 is 20.5 Å². The lowest BCUT2D eigenvalue weighted by atomic mass is 10.1. The van der Waals surface area contributed by atoms with Crippen LogP contribution in [0.2, 0.25) is 0 Å². The molecule has 162 valence electrons. The van der Waals surface area contributed by atoms with Gasteiger partial charge in [-0.05, 0) is 31.5 Å². The van der Waals surface area contributed by atoms with Gasteiger partial charge in [-0.25, -0.2) is 14.8 Å². The number of carbonyl (C=O) groups is 2. The number of nitrogens with two attached hydrogens (primary N) is 1. The Balaban J connectivity index is 1.94. The number of alkyl halides is 3. The summed E-state index contributed by atoms with van der Waals surface area (Å²) in [6, 6.07) is 8.06. The molecule has 0 bridgehead atoms. The minimum atomic E-state index is -5.11. The smallest absolute Gasteiger partial charge is 0.473 e. The number of benzene rings is 1. The third-order valence-electron chi connectivity index (χ3n) is 3.76. The number of rotatable bonds is 8. The summed E-state index contributed by atoms with van der Waals surface area (Å²) in [6.45, 7) is 2.58. The SMILES string of the molecule is CC(C)(CNC(=O)c1cccc(COc2cc(CN)ncn2)c1)OC(=O)C(F)(F)F. The predicted octanol–water partition coefficient (Wildman–Crippen LogP) is 2.13. The summed E-state index contributed by atoms with van der Waals surface area (Å²) in [7, 11) is 0. The molecule has 0 saturated carbocycles. The molecule has 11 heteroatoms. The molecular formula is C19H21F3N4O4. The van der Waals surface area contributed by atoms with Gasteiger partial charge in [0, 0.05) is 18.2 Å². The number of hydrogen-bond acceptors (Lipinski definition) is 7. The molecule has 0 fully saturated rings. The molecule has 0 atom stereocenters. The molecule has 0 aliphatic rings. The molecule has 0 saturated heterocycles. The van der Waals surface area contributed by atoms with Crippen LogP contribution < -0.4 is 15.8 Å². The minimum Gasteiger partial charge on any atom is -0.473 e. The first-order chi connectivity index (χ1) is 14.0. The van der Waals surface area contributed by atoms with Crippen LogP contribution in [0.3, 0.4) is 0 Å². The maximum absolute atomic E-state index is 12.3. The number of aromatic nitrogens is 2. The van der Waals surface area contributed by atoms with Crippen molar-refractivity contribution in [2.45, 2.75) is 38.8 Å². The number of nitrogens with zero attached hydrogens (tertiary/aromatic N) is 2. The van der Waals surface area contributed by atoms with Gasteiger partial charge in [0.15, 0.2) is 0 Å². The van der Waals surface area contributed by atoms with Gasteiger partial charge in [0.05, 0.1) is 12.2 Å². The number of amides is 1. The Morgan fingerprint density at radius 1 is 1.17 bits per heavy atom. The Morgan fingerprint density at radius 3 is 2.57 bits per heavy atom. The van der Waals surface area contributed by atoms with Gasteiger partial charge in [-0.3, -0.25) is 4.79 Å². The molecule has 0 spiro atoms. The van der Waals surface area contributed by atoms with Crippen LogP contribution in [-0.2, 0) is 22.7 Å². The van der Waals surface area contributed by atoms with Crippen molar-refractivity contribution >= 4 is 11.9 Å². The minimum absolute atomic E-state index is 0.122. The first-order valence-corrected chi connectivity index (χ1v) is 8.81. The molecule has 1 aromatic heterocycles. The Morgan fingerprint density at radius 2 is 1.90 bits per heavy atom. The van der Waals surface area contributed by atoms with E-state index in [1.165, 1.54) is 26.2 Å². The van der Waals surface area contributed by atoms with E-state index in [0.717, 1.165) is 0 Å². The van der Waals surface area contributed by atoms with Gasteiger partial charge in [0.2, 0.25) is 5.88 Å². The molecule has 0 aliphatic carbocycles. The summed E-state index contributed by atoms with van der Waals surface area (Å²) in [6.07, 6.45) is -3.78. The van der Waals surface area contributed by atoms with Crippen molar-refractivity contribution in [3.05, 3.63) is 53.5 Å². The van der Waals surface area contributed by atoms with Crippen LogP contribution in [-0.4, -0.2) is 40.2 Å². The zero-order chi connectivity index (χ0) is 22.4. The van der Waals surface area contributed by atoms with E-state index in [0.29, 0.717) is 17.1 Å². The van der Waals surface area contributed by atoms with Gasteiger partial charge in [-0.1, -0.05) is 12.1 Å². The van der Waals surface area contributed by atoms with E-state index in [1.807, 2.05) is 0 Å². The van der Waals surface area contributed by atoms with Crippen molar-refractivity contribution in [3.63, 3.8) is 0 Å². The molecule has 8 nitrogen and oxygen atoms in total. The van der Waals surface area contributed by atoms with Gasteiger partial charge in [0.1, 0.15) is 18.5 Å². The third-order valence-corrected chi connectivity index (χ3v) is 3.76. The Hall–Kier alpha value is -3.21. The van der Waals surface area contributed by atoms with E-state index in [4.69, 9.17) is 10.5 Å². The quantitative estimate of drug-likeness (QED) is 0.621. The summed E-state index contributed by atoms with van der Waals surface area (Å²) >= 11 is 0. The van der Waals surface area contributed by atoms with Crippen LogP contribution in [0.5, 0.6) is 5.88 Å². The first kappa shape index (κ1) is 23.1. The van der Waals surface area contributed by atoms with Crippen LogP contribution in [0, 0.1) is 0 Å². The van der Waals surface area contributed by atoms with Crippen molar-refractivity contribution < 1.29 is 32.2 Å². The van der Waals surface area contributed by atoms with Crippen molar-refractivity contribution in [1.82, 2.24) is 15.3 Å². The third kappa shape index (κ3) is 6.99. The molecule has 30 heavy (non-hydrogen) atoms. The molecule has 2 rings (SSSR count). The van der Waals surface area contributed by atoms with Crippen molar-refractivity contribution in [3.8, 4) is 5.88 Å². The van der Waals surface area contributed by atoms with Crippen LogP contribution in [0.15, 0.2) is 36.7 Å². The zero-order valence-electron chi connectivity index (χ0n) is 16.3. The van der Waals surface area contributed by atoms with Crippen LogP contribution in [0.4, 0.5) is 13.2 Å². The molecule has 1 heterocycles. The molecule has 0 radical (unpaired) electrons. The van der Waals surface area contributed by atoms with Gasteiger partial charge >= 0.3 is 12.1 Å². The standard InChI is InChI=1S/C19H21F3N4O4/c1-18(2,30-17(28)19(20,21)22)10-24-16(27)13-5-3-4-12(6-13)9-29-15-7-14(8-23)25-11-26-15/h3-7,11H,8-10,23H2,1-2H3,(H,24,27). The van der Waals surface area contributed by atoms with E-state index in [1.54, 1.807) is 24.3 Å². The molecule has 1 amide bonds. The van der Waals surface area contributed by atoms with Gasteiger partial charge in [0.25, 0.3) is 5.91 Å². The van der Waals surface area contributed by atoms with Crippen LogP contribution in [0.1, 0.15) is 35.5 Å². The Kier molecular flexibility index (Phi) is 7.33. The van der Waals surface area contributed by atoms with E-state index in [2.05, 4.69) is 20.0 Å². The van der Waals surface area contributed by atoms with Gasteiger partial charge in [-0.15, -0.1) is 0 Å². The lowest BCUT2D eigenvalue weighted by molar-refractivity contribution is -0.211. The lowest BCUT2D eigenvalue weighted by Gasteiger charge is -2.25. The normalized spacial score (nSPS) is 11.7. The average molecular weight is 426 g/mol. The topological polar surface area (TPSA) is 116 Å². The number of hydrogen-bond donors (Lipinski definition) is 2. The fourth-order valence-corrected chi connectivity index (χ4v) is 2.27. The van der Waals surface area contributed by atoms with E-state index < -0.39 is 23.7 Å². The summed E-state index contributed by atoms with van der Waals surface area (Å²) < 4.78 is 47.0. The summed E-state index contributed by atoms with van der Waals surface area (Å²) in [5.74, 6) is -2.53. The number of carbonyl (C=O) groups excluding carboxylic acids is 2. The van der Waals surface area contributed by atoms with E-state index >= 15 is 0 Å². The fourth-order valence-electron chi connectivity index (χ4n) is 2.27. The molecule has 0 aliphatic heterocycles. The van der Waals surface area contributed by atoms with Crippen LogP contribution >= 0.6 is 0 Å². The van der Waals surface area contributed by atoms with E-state index in [9.17, 15) is 22.8 Å². The lowest BCUT2D eigenvalue weighted by Crippen LogP contribution is -2.44. The molecule has 2 aromatic rings. The van der Waals surface area contributed by atoms with E-state index in [-0.39, 0.29) is 25.3 Å². The highest BCUT2D eigenvalue weighted by atomic mass is 19.4. The number of halogens is 3. The Bertz CT molecular complexity index is 903. The highest BCUT2D eigenvalue weighted by Gasteiger charge is 2.43. The van der Waals surface area contributed by atoms with Crippen molar-refractivity contribution in [2.75, 3.05) is 6.54 Å². The predicted molar refractivity (Wildman–Crippen MR) is 99.3 cm³/mol. The number of nitrogens with one attached hydrogen (secondary N) is 1. The summed E-state index contributed by atoms with van der Waals surface area (Å²) in [5.41, 5.74) is 5.51. The second-order valence-corrected chi connectivity index (χ2v) is 6.87. The first-order valence-electron chi connectivity index (χ1n) is 8.81. The maximum Gasteiger partial charge on any atom is 0.490 e. The highest BCUT2D eigenvalue weighted by Crippen LogP contribution is 2.21. The van der Waals surface area contributed by atoms with Gasteiger partial charge in [-0.2, -0.15) is 13.2 Å². The monoisotopic (exact) mass is 426 g/mol. The molecular weight excluding hydrogens is 405 g/mol. The summed E-state index contributed by atoms with van der Waals surface area (Å²) in [5, 5.41) is 2.45. The van der Waals surface area contributed by atoms with Crippen molar-refractivity contribution in [1.29, 1.82) is 0 Å². The largest absolute Gasteiger partial charge is 0.490 e. The average Bonchev–Trinajstić information content (AvgIpc) is 2.70. The molecule has 1 aromatic carbocycles. The second kappa shape index (κ2) is 9.53. The zero-order valence-corrected chi connectivity index (χ0v) is 16.3. The molecule has 3 N–H and O–H groups in total. The maximum atomic E-state index is 12.3.